The third kappa shape index (κ3) is 17.2. The van der Waals surface area contributed by atoms with Gasteiger partial charge in [0.2, 0.25) is 0 Å². The molecule has 0 heterocycles. The van der Waals surface area contributed by atoms with Crippen molar-refractivity contribution in [3.05, 3.63) is 109 Å². The van der Waals surface area contributed by atoms with Crippen molar-refractivity contribution < 1.29 is 14.7 Å². The third-order valence-corrected chi connectivity index (χ3v) is 2.95. The van der Waals surface area contributed by atoms with E-state index in [-0.39, 0.29) is 11.7 Å². The highest BCUT2D eigenvalue weighted by Gasteiger charge is 1.99. The second kappa shape index (κ2) is 16.7. The number of allylic oxidation sites excluding steroid dienone is 17. The minimum atomic E-state index is -0.960. The molecule has 26 heavy (non-hydrogen) atoms. The summed E-state index contributed by atoms with van der Waals surface area (Å²) in [5.74, 6) is -0.839. The number of aliphatic carboxylic acids is 1. The Hall–Kier alpha value is -3.20. The van der Waals surface area contributed by atoms with Crippen LogP contribution in [-0.2, 0) is 9.59 Å². The molecule has 0 saturated heterocycles. The van der Waals surface area contributed by atoms with Gasteiger partial charge in [0.1, 0.15) is 5.78 Å². The molecule has 1 unspecified atom stereocenters. The molecule has 0 saturated carbocycles. The molecule has 0 aromatic heterocycles. The van der Waals surface area contributed by atoms with E-state index in [9.17, 15) is 9.59 Å². The zero-order valence-corrected chi connectivity index (χ0v) is 15.2. The molecule has 0 fully saturated rings. The molecule has 0 aliphatic rings. The van der Waals surface area contributed by atoms with Gasteiger partial charge in [0.05, 0.1) is 0 Å². The molecule has 0 aliphatic heterocycles. The van der Waals surface area contributed by atoms with Gasteiger partial charge in [-0.05, 0) is 6.92 Å². The van der Waals surface area contributed by atoms with Crippen molar-refractivity contribution in [1.82, 2.24) is 0 Å². The van der Waals surface area contributed by atoms with E-state index in [1.165, 1.54) is 6.08 Å². The Morgan fingerprint density at radius 3 is 1.23 bits per heavy atom. The summed E-state index contributed by atoms with van der Waals surface area (Å²) in [4.78, 5) is 21.2. The van der Waals surface area contributed by atoms with Crippen LogP contribution < -0.4 is 0 Å². The van der Waals surface area contributed by atoms with Gasteiger partial charge in [0.15, 0.2) is 0 Å². The van der Waals surface area contributed by atoms with Crippen molar-refractivity contribution in [3.63, 3.8) is 0 Å². The lowest BCUT2D eigenvalue weighted by Gasteiger charge is -1.95. The van der Waals surface area contributed by atoms with Gasteiger partial charge in [0.25, 0.3) is 0 Å². The summed E-state index contributed by atoms with van der Waals surface area (Å²) in [5.41, 5.74) is 0. The molecule has 0 spiro atoms. The number of ketones is 1. The summed E-state index contributed by atoms with van der Waals surface area (Å²) in [6.07, 6.45) is 32.4. The Morgan fingerprint density at radius 1 is 0.615 bits per heavy atom. The molecule has 0 aromatic carbocycles. The van der Waals surface area contributed by atoms with Crippen LogP contribution in [0.3, 0.4) is 0 Å². The van der Waals surface area contributed by atoms with Gasteiger partial charge in [-0.2, -0.15) is 0 Å². The zero-order chi connectivity index (χ0) is 19.5. The van der Waals surface area contributed by atoms with Crippen LogP contribution in [0, 0.1) is 5.92 Å². The molecule has 0 aliphatic carbocycles. The normalized spacial score (nSPS) is 15.0. The van der Waals surface area contributed by atoms with E-state index in [0.717, 1.165) is 6.08 Å². The summed E-state index contributed by atoms with van der Waals surface area (Å²) in [6, 6.07) is 0. The molecule has 0 bridgehead atoms. The average Bonchev–Trinajstić information content (AvgIpc) is 2.60. The predicted molar refractivity (Wildman–Crippen MR) is 110 cm³/mol. The molecule has 0 rings (SSSR count). The zero-order valence-electron chi connectivity index (χ0n) is 15.2. The highest BCUT2D eigenvalue weighted by molar-refractivity contribution is 5.80. The van der Waals surface area contributed by atoms with Crippen LogP contribution >= 0.6 is 0 Å². The lowest BCUT2D eigenvalue weighted by molar-refractivity contribution is -0.131. The van der Waals surface area contributed by atoms with Crippen molar-refractivity contribution in [2.24, 2.45) is 5.92 Å². The van der Waals surface area contributed by atoms with Crippen LogP contribution in [0.4, 0.5) is 0 Å². The van der Waals surface area contributed by atoms with E-state index >= 15 is 0 Å². The maximum Gasteiger partial charge on any atom is 0.328 e. The van der Waals surface area contributed by atoms with Crippen molar-refractivity contribution >= 4 is 11.8 Å². The fourth-order valence-electron chi connectivity index (χ4n) is 1.40. The standard InChI is InChI=1S/C23H26O3/c1-21(22(2)24)19-17-15-13-11-9-7-5-3-4-6-8-10-12-14-16-18-20-23(25)26/h3-21H,1-2H3,(H,25,26). The Labute approximate surface area is 156 Å². The Bertz CT molecular complexity index is 678. The lowest BCUT2D eigenvalue weighted by Crippen LogP contribution is -2.01. The first-order valence-electron chi connectivity index (χ1n) is 8.29. The van der Waals surface area contributed by atoms with Gasteiger partial charge in [0, 0.05) is 12.0 Å². The highest BCUT2D eigenvalue weighted by atomic mass is 16.4. The minimum Gasteiger partial charge on any atom is -0.478 e. The van der Waals surface area contributed by atoms with Crippen LogP contribution in [0.15, 0.2) is 109 Å². The number of carboxylic acids is 1. The number of hydrogen-bond acceptors (Lipinski definition) is 2. The number of carbonyl (C=O) groups excluding carboxylic acids is 1. The highest BCUT2D eigenvalue weighted by Crippen LogP contribution is 1.98. The number of carbonyl (C=O) groups is 2. The summed E-state index contributed by atoms with van der Waals surface area (Å²) in [6.45, 7) is 3.46. The maximum absolute atomic E-state index is 11.0. The van der Waals surface area contributed by atoms with E-state index in [4.69, 9.17) is 5.11 Å². The Morgan fingerprint density at radius 2 is 0.923 bits per heavy atom. The third-order valence-electron chi connectivity index (χ3n) is 2.95. The summed E-state index contributed by atoms with van der Waals surface area (Å²) in [5, 5.41) is 8.39. The molecule has 0 radical (unpaired) electrons. The fraction of sp³-hybridized carbons (Fsp3) is 0.130. The first-order valence-corrected chi connectivity index (χ1v) is 8.29. The molecule has 1 atom stereocenters. The molecule has 3 heteroatoms. The summed E-state index contributed by atoms with van der Waals surface area (Å²) >= 11 is 0. The van der Waals surface area contributed by atoms with Crippen molar-refractivity contribution in [2.75, 3.05) is 0 Å². The van der Waals surface area contributed by atoms with Gasteiger partial charge in [-0.1, -0.05) is 110 Å². The second-order valence-electron chi connectivity index (χ2n) is 5.18. The Balaban J connectivity index is 4.00. The van der Waals surface area contributed by atoms with Crippen LogP contribution in [-0.4, -0.2) is 16.9 Å². The van der Waals surface area contributed by atoms with E-state index < -0.39 is 5.97 Å². The van der Waals surface area contributed by atoms with Gasteiger partial charge in [-0.3, -0.25) is 4.79 Å². The second-order valence-corrected chi connectivity index (χ2v) is 5.18. The molecule has 0 aromatic rings. The number of Topliss-reactive ketones (excluding diaryl/α,β-unsaturated/α-hetero) is 1. The van der Waals surface area contributed by atoms with E-state index in [2.05, 4.69) is 0 Å². The van der Waals surface area contributed by atoms with Crippen LogP contribution in [0.25, 0.3) is 0 Å². The van der Waals surface area contributed by atoms with Crippen molar-refractivity contribution in [2.45, 2.75) is 13.8 Å². The molecular weight excluding hydrogens is 324 g/mol. The van der Waals surface area contributed by atoms with Gasteiger partial charge >= 0.3 is 5.97 Å². The minimum absolute atomic E-state index is 0.0404. The summed E-state index contributed by atoms with van der Waals surface area (Å²) in [7, 11) is 0. The fourth-order valence-corrected chi connectivity index (χ4v) is 1.40. The monoisotopic (exact) mass is 350 g/mol. The predicted octanol–water partition coefficient (Wildman–Crippen LogP) is 5.30. The van der Waals surface area contributed by atoms with Crippen LogP contribution in [0.1, 0.15) is 13.8 Å². The van der Waals surface area contributed by atoms with Gasteiger partial charge < -0.3 is 5.11 Å². The topological polar surface area (TPSA) is 54.4 Å². The molecule has 136 valence electrons. The SMILES string of the molecule is CC(=O)C(C)C=CC=CC=CC=CC=CC=CC=CC=CC=CC(=O)O. The first-order chi connectivity index (χ1) is 12.5. The molecule has 0 amide bonds. The molecule has 3 nitrogen and oxygen atoms in total. The van der Waals surface area contributed by atoms with E-state index in [1.807, 2.05) is 92.0 Å². The van der Waals surface area contributed by atoms with Crippen LogP contribution in [0.2, 0.25) is 0 Å². The maximum atomic E-state index is 11.0. The van der Waals surface area contributed by atoms with Gasteiger partial charge in [-0.15, -0.1) is 0 Å². The van der Waals surface area contributed by atoms with Crippen molar-refractivity contribution in [1.29, 1.82) is 0 Å². The van der Waals surface area contributed by atoms with Crippen LogP contribution in [0.5, 0.6) is 0 Å². The number of rotatable bonds is 11. The lowest BCUT2D eigenvalue weighted by atomic mass is 10.1. The smallest absolute Gasteiger partial charge is 0.328 e. The van der Waals surface area contributed by atoms with E-state index in [1.54, 1.807) is 19.1 Å². The number of hydrogen-bond donors (Lipinski definition) is 1. The Kier molecular flexibility index (Phi) is 14.6. The first kappa shape index (κ1) is 22.8. The quantitative estimate of drug-likeness (QED) is 0.406. The average molecular weight is 350 g/mol. The summed E-state index contributed by atoms with van der Waals surface area (Å²) < 4.78 is 0. The van der Waals surface area contributed by atoms with Gasteiger partial charge in [-0.25, -0.2) is 4.79 Å². The van der Waals surface area contributed by atoms with E-state index in [0.29, 0.717) is 0 Å². The van der Waals surface area contributed by atoms with Crippen molar-refractivity contribution in [3.8, 4) is 0 Å². The molecular formula is C23H26O3. The number of carboxylic acid groups (broad SMARTS) is 1. The molecule has 1 N–H and O–H groups in total. The largest absolute Gasteiger partial charge is 0.478 e.